The maximum Gasteiger partial charge on any atom is 0.328 e. The number of carbonyl (C=O) groups excluding carboxylic acids is 2. The van der Waals surface area contributed by atoms with E-state index in [-0.39, 0.29) is 24.6 Å². The summed E-state index contributed by atoms with van der Waals surface area (Å²) in [5.74, 6) is -4.17. The molecule has 0 aliphatic carbocycles. The normalized spacial score (nSPS) is 15.8. The van der Waals surface area contributed by atoms with Gasteiger partial charge in [0.2, 0.25) is 5.91 Å². The zero-order valence-electron chi connectivity index (χ0n) is 14.0. The largest absolute Gasteiger partial charge is 0.480 e. The Bertz CT molecular complexity index is 698. The van der Waals surface area contributed by atoms with E-state index in [0.29, 0.717) is 18.9 Å². The summed E-state index contributed by atoms with van der Waals surface area (Å²) in [6, 6.07) is 2.77. The minimum atomic E-state index is -1.37. The van der Waals surface area contributed by atoms with Crippen molar-refractivity contribution < 1.29 is 28.3 Å². The van der Waals surface area contributed by atoms with Crippen molar-refractivity contribution >= 4 is 17.8 Å². The van der Waals surface area contributed by atoms with Crippen LogP contribution in [0.25, 0.3) is 0 Å². The van der Waals surface area contributed by atoms with Gasteiger partial charge in [-0.25, -0.2) is 13.6 Å². The Balaban J connectivity index is 1.96. The fourth-order valence-corrected chi connectivity index (χ4v) is 2.64. The summed E-state index contributed by atoms with van der Waals surface area (Å²) >= 11 is 0. The highest BCUT2D eigenvalue weighted by Crippen LogP contribution is 2.21. The third kappa shape index (κ3) is 4.32. The Morgan fingerprint density at radius 1 is 1.20 bits per heavy atom. The van der Waals surface area contributed by atoms with Crippen LogP contribution < -0.4 is 5.32 Å². The molecule has 136 valence electrons. The lowest BCUT2D eigenvalue weighted by Gasteiger charge is -2.33. The second-order valence-corrected chi connectivity index (χ2v) is 6.61. The molecule has 1 heterocycles. The van der Waals surface area contributed by atoms with Crippen LogP contribution in [0.1, 0.15) is 37.0 Å². The number of piperidine rings is 1. The van der Waals surface area contributed by atoms with Gasteiger partial charge in [-0.2, -0.15) is 0 Å². The van der Waals surface area contributed by atoms with Gasteiger partial charge in [0.15, 0.2) is 0 Å². The zero-order valence-corrected chi connectivity index (χ0v) is 14.0. The number of carboxylic acid groups (broad SMARTS) is 1. The first kappa shape index (κ1) is 18.8. The van der Waals surface area contributed by atoms with Crippen molar-refractivity contribution in [1.29, 1.82) is 0 Å². The van der Waals surface area contributed by atoms with Crippen LogP contribution in [-0.2, 0) is 9.59 Å². The van der Waals surface area contributed by atoms with E-state index in [0.717, 1.165) is 12.1 Å². The molecule has 1 aromatic rings. The summed E-state index contributed by atoms with van der Waals surface area (Å²) in [5.41, 5.74) is -1.59. The quantitative estimate of drug-likeness (QED) is 0.863. The van der Waals surface area contributed by atoms with Gasteiger partial charge in [0.1, 0.15) is 17.2 Å². The van der Waals surface area contributed by atoms with Crippen LogP contribution in [0.2, 0.25) is 0 Å². The van der Waals surface area contributed by atoms with E-state index in [2.05, 4.69) is 5.32 Å². The summed E-state index contributed by atoms with van der Waals surface area (Å²) in [5, 5.41) is 11.5. The summed E-state index contributed by atoms with van der Waals surface area (Å²) in [6.07, 6.45) is 0.687. The average Bonchev–Trinajstić information content (AvgIpc) is 2.54. The molecule has 1 saturated heterocycles. The van der Waals surface area contributed by atoms with E-state index < -0.39 is 35.0 Å². The second kappa shape index (κ2) is 7.16. The maximum atomic E-state index is 13.7. The summed E-state index contributed by atoms with van der Waals surface area (Å²) in [4.78, 5) is 37.0. The molecular weight excluding hydrogens is 334 g/mol. The number of carbonyl (C=O) groups is 3. The Morgan fingerprint density at radius 3 is 2.32 bits per heavy atom. The molecule has 1 fully saturated rings. The highest BCUT2D eigenvalue weighted by molar-refractivity contribution is 5.94. The van der Waals surface area contributed by atoms with Crippen LogP contribution in [0.5, 0.6) is 0 Å². The molecule has 1 aliphatic rings. The monoisotopic (exact) mass is 354 g/mol. The number of hydrogen-bond donors (Lipinski definition) is 2. The van der Waals surface area contributed by atoms with Gasteiger partial charge in [0.05, 0.1) is 5.56 Å². The van der Waals surface area contributed by atoms with Gasteiger partial charge in [-0.15, -0.1) is 0 Å². The number of nitrogens with zero attached hydrogens (tertiary/aromatic N) is 1. The molecule has 2 amide bonds. The molecule has 0 saturated carbocycles. The molecule has 0 atom stereocenters. The predicted octanol–water partition coefficient (Wildman–Crippen LogP) is 1.80. The number of carboxylic acids is 1. The molecular formula is C17H20F2N2O4. The number of amides is 2. The highest BCUT2D eigenvalue weighted by Gasteiger charge is 2.34. The molecule has 0 bridgehead atoms. The van der Waals surface area contributed by atoms with Crippen molar-refractivity contribution in [3.05, 3.63) is 35.4 Å². The lowest BCUT2D eigenvalue weighted by molar-refractivity contribution is -0.146. The smallest absolute Gasteiger partial charge is 0.328 e. The van der Waals surface area contributed by atoms with Crippen molar-refractivity contribution in [2.75, 3.05) is 13.1 Å². The van der Waals surface area contributed by atoms with Crippen LogP contribution >= 0.6 is 0 Å². The van der Waals surface area contributed by atoms with E-state index in [1.54, 1.807) is 0 Å². The number of rotatable bonds is 4. The standard InChI is InChI=1S/C17H20F2N2O4/c1-17(2,16(24)25)20-14(22)10-5-7-21(8-6-10)15(23)12-4-3-11(18)9-13(12)19/h3-4,9-10H,5-8H2,1-2H3,(H,20,22)(H,24,25). The topological polar surface area (TPSA) is 86.7 Å². The van der Waals surface area contributed by atoms with Gasteiger partial charge in [-0.05, 0) is 38.8 Å². The summed E-state index contributed by atoms with van der Waals surface area (Å²) in [6.45, 7) is 3.26. The summed E-state index contributed by atoms with van der Waals surface area (Å²) in [7, 11) is 0. The lowest BCUT2D eigenvalue weighted by Crippen LogP contribution is -2.53. The minimum Gasteiger partial charge on any atom is -0.480 e. The van der Waals surface area contributed by atoms with Gasteiger partial charge < -0.3 is 15.3 Å². The van der Waals surface area contributed by atoms with Crippen molar-refractivity contribution in [3.63, 3.8) is 0 Å². The third-order valence-corrected chi connectivity index (χ3v) is 4.28. The highest BCUT2D eigenvalue weighted by atomic mass is 19.1. The molecule has 25 heavy (non-hydrogen) atoms. The van der Waals surface area contributed by atoms with Crippen molar-refractivity contribution in [3.8, 4) is 0 Å². The number of benzene rings is 1. The fourth-order valence-electron chi connectivity index (χ4n) is 2.64. The molecule has 2 N–H and O–H groups in total. The fraction of sp³-hybridized carbons (Fsp3) is 0.471. The summed E-state index contributed by atoms with van der Waals surface area (Å²) < 4.78 is 26.6. The Kier molecular flexibility index (Phi) is 5.39. The molecule has 6 nitrogen and oxygen atoms in total. The van der Waals surface area contributed by atoms with Crippen molar-refractivity contribution in [1.82, 2.24) is 10.2 Å². The molecule has 1 aromatic carbocycles. The second-order valence-electron chi connectivity index (χ2n) is 6.61. The van der Waals surface area contributed by atoms with Gasteiger partial charge in [-0.1, -0.05) is 0 Å². The number of aliphatic carboxylic acids is 1. The van der Waals surface area contributed by atoms with Gasteiger partial charge in [0, 0.05) is 25.1 Å². The van der Waals surface area contributed by atoms with Gasteiger partial charge in [0.25, 0.3) is 5.91 Å². The van der Waals surface area contributed by atoms with E-state index in [1.165, 1.54) is 18.7 Å². The molecule has 8 heteroatoms. The van der Waals surface area contributed by atoms with Crippen molar-refractivity contribution in [2.45, 2.75) is 32.2 Å². The first-order chi connectivity index (χ1) is 11.6. The van der Waals surface area contributed by atoms with Gasteiger partial charge in [-0.3, -0.25) is 9.59 Å². The Labute approximate surface area is 143 Å². The van der Waals surface area contributed by atoms with E-state index in [9.17, 15) is 23.2 Å². The van der Waals surface area contributed by atoms with E-state index >= 15 is 0 Å². The first-order valence-corrected chi connectivity index (χ1v) is 7.91. The van der Waals surface area contributed by atoms with Crippen LogP contribution in [0.15, 0.2) is 18.2 Å². The van der Waals surface area contributed by atoms with Crippen LogP contribution in [0.4, 0.5) is 8.78 Å². The SMILES string of the molecule is CC(C)(NC(=O)C1CCN(C(=O)c2ccc(F)cc2F)CC1)C(=O)O. The number of likely N-dealkylation sites (tertiary alicyclic amines) is 1. The number of hydrogen-bond acceptors (Lipinski definition) is 3. The molecule has 0 spiro atoms. The Hall–Kier alpha value is -2.51. The number of halogens is 2. The van der Waals surface area contributed by atoms with Gasteiger partial charge >= 0.3 is 5.97 Å². The van der Waals surface area contributed by atoms with E-state index in [1.807, 2.05) is 0 Å². The lowest BCUT2D eigenvalue weighted by atomic mass is 9.93. The van der Waals surface area contributed by atoms with E-state index in [4.69, 9.17) is 5.11 Å². The number of nitrogens with one attached hydrogen (secondary N) is 1. The third-order valence-electron chi connectivity index (χ3n) is 4.28. The zero-order chi connectivity index (χ0) is 18.8. The molecule has 1 aliphatic heterocycles. The Morgan fingerprint density at radius 2 is 1.80 bits per heavy atom. The maximum absolute atomic E-state index is 13.7. The predicted molar refractivity (Wildman–Crippen MR) is 84.8 cm³/mol. The van der Waals surface area contributed by atoms with Crippen LogP contribution in [0, 0.1) is 17.6 Å². The van der Waals surface area contributed by atoms with Crippen molar-refractivity contribution in [2.24, 2.45) is 5.92 Å². The molecule has 0 unspecified atom stereocenters. The molecule has 0 radical (unpaired) electrons. The van der Waals surface area contributed by atoms with Crippen LogP contribution in [-0.4, -0.2) is 46.4 Å². The van der Waals surface area contributed by atoms with Crippen LogP contribution in [0.3, 0.4) is 0 Å². The molecule has 0 aromatic heterocycles. The average molecular weight is 354 g/mol. The molecule has 2 rings (SSSR count). The minimum absolute atomic E-state index is 0.212. The first-order valence-electron chi connectivity index (χ1n) is 7.91.